The van der Waals surface area contributed by atoms with Gasteiger partial charge in [0.25, 0.3) is 0 Å². The first-order chi connectivity index (χ1) is 11.9. The highest BCUT2D eigenvalue weighted by atomic mass is 15.3. The molecule has 3 rings (SSSR count). The van der Waals surface area contributed by atoms with Gasteiger partial charge in [-0.25, -0.2) is 0 Å². The zero-order chi connectivity index (χ0) is 18.0. The monoisotopic (exact) mass is 339 g/mol. The fourth-order valence-corrected chi connectivity index (χ4v) is 4.75. The maximum Gasteiger partial charge on any atom is 0.0903 e. The molecule has 1 unspecified atom stereocenters. The number of nitrogens with zero attached hydrogens (tertiary/aromatic N) is 2. The summed E-state index contributed by atoms with van der Waals surface area (Å²) in [5, 5.41) is 0. The number of benzene rings is 1. The Morgan fingerprint density at radius 2 is 1.76 bits per heavy atom. The van der Waals surface area contributed by atoms with Crippen LogP contribution in [0, 0.1) is 0 Å². The number of piperidine rings is 1. The lowest BCUT2D eigenvalue weighted by Crippen LogP contribution is -2.53. The second-order valence-corrected chi connectivity index (χ2v) is 8.69. The van der Waals surface area contributed by atoms with Gasteiger partial charge in [0, 0.05) is 24.7 Å². The average Bonchev–Trinajstić information content (AvgIpc) is 2.99. The van der Waals surface area contributed by atoms with Crippen molar-refractivity contribution >= 4 is 0 Å². The molecule has 0 saturated carbocycles. The van der Waals surface area contributed by atoms with E-state index in [0.717, 1.165) is 36.7 Å². The van der Waals surface area contributed by atoms with Crippen molar-refractivity contribution in [2.75, 3.05) is 27.2 Å². The van der Waals surface area contributed by atoms with E-state index in [1.54, 1.807) is 0 Å². The van der Waals surface area contributed by atoms with Crippen LogP contribution in [-0.2, 0) is 12.8 Å². The Morgan fingerprint density at radius 1 is 1.12 bits per heavy atom. The molecule has 2 nitrogen and oxygen atoms in total. The van der Waals surface area contributed by atoms with Crippen LogP contribution in [0.3, 0.4) is 0 Å². The summed E-state index contributed by atoms with van der Waals surface area (Å²) in [6, 6.07) is 10.2. The van der Waals surface area contributed by atoms with Crippen molar-refractivity contribution in [3.8, 4) is 0 Å². The normalized spacial score (nSPS) is 22.4. The van der Waals surface area contributed by atoms with Crippen molar-refractivity contribution < 1.29 is 4.48 Å². The standard InChI is InChI=1S/C23H35N2/c1-18(2)19(3)24(14-13-23-12-8-9-15-25(23,4)5)22-16-20-10-6-7-11-21(20)17-22/h6-7,10-11,22-23H,1,3,8-9,12-17H2,2,4-5H3/q+1. The Bertz CT molecular complexity index is 618. The van der Waals surface area contributed by atoms with Crippen LogP contribution in [0.2, 0.25) is 0 Å². The Labute approximate surface area is 154 Å². The number of likely N-dealkylation sites (tertiary alicyclic amines) is 1. The van der Waals surface area contributed by atoms with Crippen molar-refractivity contribution in [1.82, 2.24) is 4.90 Å². The number of rotatable bonds is 6. The molecule has 0 bridgehead atoms. The molecule has 1 atom stereocenters. The zero-order valence-electron chi connectivity index (χ0n) is 16.4. The maximum absolute atomic E-state index is 4.38. The Morgan fingerprint density at radius 3 is 2.32 bits per heavy atom. The molecular formula is C23H35N2+. The molecule has 1 aromatic carbocycles. The lowest BCUT2D eigenvalue weighted by atomic mass is 9.96. The van der Waals surface area contributed by atoms with Crippen LogP contribution in [0.5, 0.6) is 0 Å². The van der Waals surface area contributed by atoms with E-state index in [-0.39, 0.29) is 0 Å². The molecule has 1 aromatic rings. The highest BCUT2D eigenvalue weighted by Crippen LogP contribution is 2.30. The van der Waals surface area contributed by atoms with Gasteiger partial charge in [0.2, 0.25) is 0 Å². The number of fused-ring (bicyclic) bond motifs is 1. The second-order valence-electron chi connectivity index (χ2n) is 8.69. The summed E-state index contributed by atoms with van der Waals surface area (Å²) in [7, 11) is 4.82. The molecule has 1 aliphatic heterocycles. The molecule has 1 saturated heterocycles. The van der Waals surface area contributed by atoms with Crippen LogP contribution in [0.15, 0.2) is 48.7 Å². The highest BCUT2D eigenvalue weighted by Gasteiger charge is 2.33. The van der Waals surface area contributed by atoms with Gasteiger partial charge >= 0.3 is 0 Å². The summed E-state index contributed by atoms with van der Waals surface area (Å²) >= 11 is 0. The number of quaternary nitrogens is 1. The number of allylic oxidation sites excluding steroid dienone is 1. The third kappa shape index (κ3) is 4.00. The Kier molecular flexibility index (Phi) is 5.38. The highest BCUT2D eigenvalue weighted by molar-refractivity contribution is 5.35. The predicted molar refractivity (Wildman–Crippen MR) is 108 cm³/mol. The fourth-order valence-electron chi connectivity index (χ4n) is 4.75. The molecule has 1 aliphatic carbocycles. The summed E-state index contributed by atoms with van der Waals surface area (Å²) in [6.07, 6.45) is 7.68. The van der Waals surface area contributed by atoms with Crippen LogP contribution in [0.4, 0.5) is 0 Å². The minimum Gasteiger partial charge on any atom is -0.368 e. The molecule has 25 heavy (non-hydrogen) atoms. The van der Waals surface area contributed by atoms with Crippen molar-refractivity contribution in [3.05, 3.63) is 59.8 Å². The van der Waals surface area contributed by atoms with Crippen molar-refractivity contribution in [2.24, 2.45) is 0 Å². The van der Waals surface area contributed by atoms with E-state index in [1.807, 2.05) is 0 Å². The van der Waals surface area contributed by atoms with Gasteiger partial charge in [-0.2, -0.15) is 0 Å². The molecule has 136 valence electrons. The summed E-state index contributed by atoms with van der Waals surface area (Å²) in [5.41, 5.74) is 5.27. The second kappa shape index (κ2) is 7.37. The predicted octanol–water partition coefficient (Wildman–Crippen LogP) is 4.56. The van der Waals surface area contributed by atoms with Crippen LogP contribution in [-0.4, -0.2) is 48.7 Å². The van der Waals surface area contributed by atoms with Crippen LogP contribution in [0.1, 0.15) is 43.7 Å². The quantitative estimate of drug-likeness (QED) is 0.542. The van der Waals surface area contributed by atoms with E-state index in [9.17, 15) is 0 Å². The van der Waals surface area contributed by atoms with E-state index < -0.39 is 0 Å². The Hall–Kier alpha value is -1.54. The van der Waals surface area contributed by atoms with Gasteiger partial charge in [-0.05, 0) is 55.7 Å². The van der Waals surface area contributed by atoms with Gasteiger partial charge in [0.05, 0.1) is 26.7 Å². The zero-order valence-corrected chi connectivity index (χ0v) is 16.4. The third-order valence-corrected chi connectivity index (χ3v) is 6.52. The fraction of sp³-hybridized carbons (Fsp3) is 0.565. The van der Waals surface area contributed by atoms with Gasteiger partial charge in [0.15, 0.2) is 0 Å². The van der Waals surface area contributed by atoms with E-state index in [1.165, 1.54) is 47.8 Å². The molecule has 0 radical (unpaired) electrons. The summed E-state index contributed by atoms with van der Waals surface area (Å²) in [6.45, 7) is 13.1. The lowest BCUT2D eigenvalue weighted by Gasteiger charge is -2.43. The molecule has 0 aromatic heterocycles. The van der Waals surface area contributed by atoms with Gasteiger partial charge in [-0.1, -0.05) is 37.4 Å². The van der Waals surface area contributed by atoms with E-state index in [2.05, 4.69) is 63.3 Å². The maximum atomic E-state index is 4.38. The topological polar surface area (TPSA) is 3.24 Å². The van der Waals surface area contributed by atoms with Crippen molar-refractivity contribution in [2.45, 2.75) is 57.5 Å². The van der Waals surface area contributed by atoms with Gasteiger partial charge in [-0.15, -0.1) is 0 Å². The van der Waals surface area contributed by atoms with E-state index >= 15 is 0 Å². The molecule has 2 heteroatoms. The number of hydrogen-bond acceptors (Lipinski definition) is 1. The molecule has 1 fully saturated rings. The molecular weight excluding hydrogens is 304 g/mol. The van der Waals surface area contributed by atoms with Crippen LogP contribution >= 0.6 is 0 Å². The average molecular weight is 340 g/mol. The minimum absolute atomic E-state index is 0.542. The van der Waals surface area contributed by atoms with Crippen LogP contribution < -0.4 is 0 Å². The molecule has 0 N–H and O–H groups in total. The summed E-state index contributed by atoms with van der Waals surface area (Å²) in [4.78, 5) is 2.57. The van der Waals surface area contributed by atoms with Gasteiger partial charge in [0.1, 0.15) is 0 Å². The summed E-state index contributed by atoms with van der Waals surface area (Å²) in [5.74, 6) is 0. The van der Waals surface area contributed by atoms with E-state index in [0.29, 0.717) is 6.04 Å². The van der Waals surface area contributed by atoms with Crippen LogP contribution in [0.25, 0.3) is 0 Å². The van der Waals surface area contributed by atoms with Crippen molar-refractivity contribution in [3.63, 3.8) is 0 Å². The largest absolute Gasteiger partial charge is 0.368 e. The first-order valence-corrected chi connectivity index (χ1v) is 9.89. The third-order valence-electron chi connectivity index (χ3n) is 6.52. The smallest absolute Gasteiger partial charge is 0.0903 e. The lowest BCUT2D eigenvalue weighted by molar-refractivity contribution is -0.920. The van der Waals surface area contributed by atoms with Gasteiger partial charge < -0.3 is 9.38 Å². The summed E-state index contributed by atoms with van der Waals surface area (Å²) < 4.78 is 1.18. The SMILES string of the molecule is C=C(C)C(=C)N(CCC1CCCC[N+]1(C)C)C1Cc2ccccc2C1. The molecule has 0 amide bonds. The van der Waals surface area contributed by atoms with Crippen molar-refractivity contribution in [1.29, 1.82) is 0 Å². The van der Waals surface area contributed by atoms with E-state index in [4.69, 9.17) is 0 Å². The van der Waals surface area contributed by atoms with Gasteiger partial charge in [-0.3, -0.25) is 0 Å². The first-order valence-electron chi connectivity index (χ1n) is 9.89. The molecule has 2 aliphatic rings. The molecule has 1 heterocycles. The number of hydrogen-bond donors (Lipinski definition) is 0. The Balaban J connectivity index is 1.71. The first kappa shape index (κ1) is 18.3. The molecule has 0 spiro atoms. The minimum atomic E-state index is 0.542.